The third-order valence-corrected chi connectivity index (χ3v) is 7.77. The molecule has 0 radical (unpaired) electrons. The van der Waals surface area contributed by atoms with E-state index in [2.05, 4.69) is 27.6 Å². The number of nitrogens with zero attached hydrogens (tertiary/aromatic N) is 2. The van der Waals surface area contributed by atoms with Crippen LogP contribution in [-0.4, -0.2) is 38.2 Å². The standard InChI is InChI=1S/C26H23IN2O7S/c1-5-34-25(31)21-13(2)28-26-29(22(21)15-6-7-17-18(11-15)36-12-35-17)24(30)20(37-26)10-14-8-16(27)23(33-4)19(9-14)32-3/h6-11,22H,5,12H2,1-4H3. The number of methoxy groups -OCH3 is 2. The van der Waals surface area contributed by atoms with Crippen molar-refractivity contribution in [1.29, 1.82) is 0 Å². The zero-order valence-corrected chi connectivity index (χ0v) is 23.5. The number of aromatic nitrogens is 1. The van der Waals surface area contributed by atoms with E-state index in [0.717, 1.165) is 9.13 Å². The van der Waals surface area contributed by atoms with Gasteiger partial charge in [-0.3, -0.25) is 9.36 Å². The van der Waals surface area contributed by atoms with Crippen LogP contribution in [0, 0.1) is 3.57 Å². The molecule has 2 aliphatic rings. The van der Waals surface area contributed by atoms with E-state index in [4.69, 9.17) is 23.7 Å². The van der Waals surface area contributed by atoms with E-state index < -0.39 is 12.0 Å². The number of halogens is 1. The highest BCUT2D eigenvalue weighted by Crippen LogP contribution is 2.38. The second kappa shape index (κ2) is 10.2. The van der Waals surface area contributed by atoms with Gasteiger partial charge in [0.25, 0.3) is 5.56 Å². The first kappa shape index (κ1) is 25.3. The van der Waals surface area contributed by atoms with E-state index in [9.17, 15) is 9.59 Å². The minimum atomic E-state index is -0.738. The lowest BCUT2D eigenvalue weighted by Gasteiger charge is -2.24. The van der Waals surface area contributed by atoms with Crippen molar-refractivity contribution in [2.24, 2.45) is 4.99 Å². The van der Waals surface area contributed by atoms with Crippen LogP contribution in [0.2, 0.25) is 0 Å². The summed E-state index contributed by atoms with van der Waals surface area (Å²) in [5.41, 5.74) is 1.99. The third-order valence-electron chi connectivity index (χ3n) is 5.98. The molecule has 1 atom stereocenters. The number of hydrogen-bond acceptors (Lipinski definition) is 9. The average Bonchev–Trinajstić information content (AvgIpc) is 3.46. The van der Waals surface area contributed by atoms with E-state index in [1.165, 1.54) is 11.3 Å². The summed E-state index contributed by atoms with van der Waals surface area (Å²) in [4.78, 5) is 32.0. The zero-order valence-electron chi connectivity index (χ0n) is 20.5. The third kappa shape index (κ3) is 4.50. The molecule has 0 N–H and O–H groups in total. The Morgan fingerprint density at radius 2 is 2.00 bits per heavy atom. The molecule has 5 rings (SSSR count). The summed E-state index contributed by atoms with van der Waals surface area (Å²) in [6, 6.07) is 8.37. The first-order valence-corrected chi connectivity index (χ1v) is 13.3. The minimum Gasteiger partial charge on any atom is -0.493 e. The number of benzene rings is 2. The molecule has 0 fully saturated rings. The van der Waals surface area contributed by atoms with E-state index in [-0.39, 0.29) is 19.0 Å². The maximum absolute atomic E-state index is 13.8. The molecule has 0 bridgehead atoms. The Balaban J connectivity index is 1.71. The van der Waals surface area contributed by atoms with E-state index in [1.54, 1.807) is 50.8 Å². The van der Waals surface area contributed by atoms with Crippen molar-refractivity contribution in [3.8, 4) is 23.0 Å². The summed E-state index contributed by atoms with van der Waals surface area (Å²) >= 11 is 3.42. The molecule has 192 valence electrons. The molecular weight excluding hydrogens is 611 g/mol. The summed E-state index contributed by atoms with van der Waals surface area (Å²) in [5.74, 6) is 1.83. The molecule has 2 aromatic carbocycles. The predicted molar refractivity (Wildman–Crippen MR) is 145 cm³/mol. The molecule has 0 saturated heterocycles. The summed E-state index contributed by atoms with van der Waals surface area (Å²) < 4.78 is 30.1. The summed E-state index contributed by atoms with van der Waals surface area (Å²) in [5, 5.41) is 0. The van der Waals surface area contributed by atoms with E-state index in [1.807, 2.05) is 18.2 Å². The lowest BCUT2D eigenvalue weighted by Crippen LogP contribution is -2.39. The summed E-state index contributed by atoms with van der Waals surface area (Å²) in [6.07, 6.45) is 1.79. The number of carbonyl (C=O) groups is 1. The van der Waals surface area contributed by atoms with Crippen molar-refractivity contribution < 1.29 is 28.5 Å². The Kier molecular flexibility index (Phi) is 6.99. The van der Waals surface area contributed by atoms with Gasteiger partial charge in [-0.05, 0) is 77.9 Å². The molecule has 0 amide bonds. The number of allylic oxidation sites excluding steroid dienone is 1. The van der Waals surface area contributed by atoms with Gasteiger partial charge in [-0.1, -0.05) is 17.4 Å². The first-order valence-electron chi connectivity index (χ1n) is 11.4. The van der Waals surface area contributed by atoms with Gasteiger partial charge in [0.15, 0.2) is 27.8 Å². The highest BCUT2D eigenvalue weighted by atomic mass is 127. The molecule has 37 heavy (non-hydrogen) atoms. The molecule has 9 nitrogen and oxygen atoms in total. The molecule has 1 aromatic heterocycles. The SMILES string of the molecule is CCOC(=O)C1=C(C)N=c2sc(=Cc3cc(I)c(OC)c(OC)c3)c(=O)n2C1c1ccc2c(c1)OCO2. The minimum absolute atomic E-state index is 0.116. The second-order valence-electron chi connectivity index (χ2n) is 8.15. The summed E-state index contributed by atoms with van der Waals surface area (Å²) in [7, 11) is 3.15. The number of fused-ring (bicyclic) bond motifs is 2. The van der Waals surface area contributed by atoms with Gasteiger partial charge in [0.2, 0.25) is 6.79 Å². The van der Waals surface area contributed by atoms with Crippen molar-refractivity contribution in [2.45, 2.75) is 19.9 Å². The monoisotopic (exact) mass is 634 g/mol. The molecule has 11 heteroatoms. The van der Waals surface area contributed by atoms with Crippen molar-refractivity contribution in [2.75, 3.05) is 27.6 Å². The van der Waals surface area contributed by atoms with Crippen LogP contribution < -0.4 is 33.8 Å². The van der Waals surface area contributed by atoms with E-state index >= 15 is 0 Å². The summed E-state index contributed by atoms with van der Waals surface area (Å²) in [6.45, 7) is 3.81. The van der Waals surface area contributed by atoms with Gasteiger partial charge >= 0.3 is 5.97 Å². The first-order chi connectivity index (χ1) is 17.9. The van der Waals surface area contributed by atoms with Gasteiger partial charge < -0.3 is 23.7 Å². The van der Waals surface area contributed by atoms with Crippen molar-refractivity contribution >= 4 is 46.0 Å². The van der Waals surface area contributed by atoms with Crippen LogP contribution in [0.4, 0.5) is 0 Å². The largest absolute Gasteiger partial charge is 0.493 e. The second-order valence-corrected chi connectivity index (χ2v) is 10.3. The smallest absolute Gasteiger partial charge is 0.338 e. The number of rotatable bonds is 6. The molecule has 2 aliphatic heterocycles. The topological polar surface area (TPSA) is 97.6 Å². The van der Waals surface area contributed by atoms with Crippen molar-refractivity contribution in [3.63, 3.8) is 0 Å². The quantitative estimate of drug-likeness (QED) is 0.304. The van der Waals surface area contributed by atoms with Gasteiger partial charge in [0, 0.05) is 0 Å². The van der Waals surface area contributed by atoms with Crippen LogP contribution in [0.5, 0.6) is 23.0 Å². The normalized spacial score (nSPS) is 16.4. The van der Waals surface area contributed by atoms with Crippen LogP contribution in [-0.2, 0) is 9.53 Å². The van der Waals surface area contributed by atoms with Gasteiger partial charge in [0.05, 0.1) is 46.2 Å². The Morgan fingerprint density at radius 1 is 1.22 bits per heavy atom. The molecule has 0 spiro atoms. The van der Waals surface area contributed by atoms with Gasteiger partial charge in [-0.2, -0.15) is 0 Å². The molecular formula is C26H23IN2O7S. The lowest BCUT2D eigenvalue weighted by atomic mass is 9.95. The van der Waals surface area contributed by atoms with E-state index in [0.29, 0.717) is 49.2 Å². The fraction of sp³-hybridized carbons (Fsp3) is 0.269. The molecule has 1 unspecified atom stereocenters. The lowest BCUT2D eigenvalue weighted by molar-refractivity contribution is -0.139. The predicted octanol–water partition coefficient (Wildman–Crippen LogP) is 3.15. The van der Waals surface area contributed by atoms with Gasteiger partial charge in [-0.15, -0.1) is 0 Å². The maximum Gasteiger partial charge on any atom is 0.338 e. The Bertz CT molecular complexity index is 1620. The van der Waals surface area contributed by atoms with Crippen LogP contribution in [0.15, 0.2) is 51.4 Å². The Morgan fingerprint density at radius 3 is 2.73 bits per heavy atom. The number of hydrogen-bond donors (Lipinski definition) is 0. The fourth-order valence-corrected chi connectivity index (χ4v) is 6.25. The number of esters is 1. The van der Waals surface area contributed by atoms with Crippen molar-refractivity contribution in [3.05, 3.63) is 76.0 Å². The number of carbonyl (C=O) groups excluding carboxylic acids is 1. The maximum atomic E-state index is 13.8. The van der Waals surface area contributed by atoms with Crippen LogP contribution in [0.1, 0.15) is 31.0 Å². The highest BCUT2D eigenvalue weighted by Gasteiger charge is 2.34. The fourth-order valence-electron chi connectivity index (χ4n) is 4.36. The Labute approximate surface area is 229 Å². The van der Waals surface area contributed by atoms with Gasteiger partial charge in [-0.25, -0.2) is 9.79 Å². The van der Waals surface area contributed by atoms with Crippen LogP contribution >= 0.6 is 33.9 Å². The number of thiazole rings is 1. The average molecular weight is 634 g/mol. The van der Waals surface area contributed by atoms with Crippen LogP contribution in [0.3, 0.4) is 0 Å². The van der Waals surface area contributed by atoms with Crippen LogP contribution in [0.25, 0.3) is 6.08 Å². The molecule has 0 aliphatic carbocycles. The molecule has 0 saturated carbocycles. The molecule has 3 aromatic rings. The van der Waals surface area contributed by atoms with Crippen molar-refractivity contribution in [1.82, 2.24) is 4.57 Å². The molecule has 3 heterocycles. The highest BCUT2D eigenvalue weighted by molar-refractivity contribution is 14.1. The number of ether oxygens (including phenoxy) is 5. The Hall–Kier alpha value is -3.32. The van der Waals surface area contributed by atoms with Gasteiger partial charge in [0.1, 0.15) is 0 Å². The zero-order chi connectivity index (χ0) is 26.3.